The van der Waals surface area contributed by atoms with Gasteiger partial charge in [-0.05, 0) is 24.8 Å². The second kappa shape index (κ2) is 4.43. The summed E-state index contributed by atoms with van der Waals surface area (Å²) in [5, 5.41) is 3.69. The quantitative estimate of drug-likeness (QED) is 0.814. The molecular weight excluding hydrogens is 228 g/mol. The van der Waals surface area contributed by atoms with Crippen molar-refractivity contribution < 1.29 is 4.74 Å². The van der Waals surface area contributed by atoms with Crippen molar-refractivity contribution in [3.8, 4) is 6.01 Å². The third-order valence-corrected chi connectivity index (χ3v) is 3.20. The Kier molecular flexibility index (Phi) is 3.16. The number of methoxy groups -OCH3 is 1. The van der Waals surface area contributed by atoms with Crippen LogP contribution in [0.3, 0.4) is 0 Å². The fourth-order valence-corrected chi connectivity index (χ4v) is 1.63. The molecule has 1 aliphatic carbocycles. The van der Waals surface area contributed by atoms with Crippen LogP contribution in [0.1, 0.15) is 12.8 Å². The molecule has 5 nitrogen and oxygen atoms in total. The summed E-state index contributed by atoms with van der Waals surface area (Å²) in [5.41, 5.74) is 5.93. The summed E-state index contributed by atoms with van der Waals surface area (Å²) in [6, 6.07) is 0.310. The monoisotopic (exact) mass is 242 g/mol. The molecule has 1 saturated carbocycles. The number of nitrogens with one attached hydrogen (secondary N) is 1. The van der Waals surface area contributed by atoms with Crippen LogP contribution in [0, 0.1) is 5.41 Å². The van der Waals surface area contributed by atoms with Gasteiger partial charge in [0.1, 0.15) is 5.02 Å². The highest BCUT2D eigenvalue weighted by atomic mass is 35.5. The Hall–Kier alpha value is -1.07. The Balaban J connectivity index is 2.03. The molecule has 0 unspecified atom stereocenters. The number of halogens is 1. The van der Waals surface area contributed by atoms with E-state index in [0.717, 1.165) is 19.4 Å². The third-order valence-electron chi connectivity index (χ3n) is 2.93. The molecule has 2 rings (SSSR count). The van der Waals surface area contributed by atoms with Crippen molar-refractivity contribution in [3.63, 3.8) is 0 Å². The third kappa shape index (κ3) is 2.36. The Bertz CT molecular complexity index is 381. The van der Waals surface area contributed by atoms with E-state index in [1.54, 1.807) is 0 Å². The molecule has 1 aromatic rings. The molecule has 1 heterocycles. The van der Waals surface area contributed by atoms with Gasteiger partial charge in [0.2, 0.25) is 0 Å². The summed E-state index contributed by atoms with van der Waals surface area (Å²) in [6.45, 7) is 1.49. The predicted molar refractivity (Wildman–Crippen MR) is 62.8 cm³/mol. The van der Waals surface area contributed by atoms with E-state index in [0.29, 0.717) is 23.4 Å². The minimum absolute atomic E-state index is 0.238. The van der Waals surface area contributed by atoms with E-state index >= 15 is 0 Å². The normalized spacial score (nSPS) is 16.9. The molecule has 1 aliphatic rings. The molecule has 3 N–H and O–H groups in total. The first kappa shape index (κ1) is 11.4. The molecule has 1 aromatic heterocycles. The van der Waals surface area contributed by atoms with Crippen molar-refractivity contribution >= 4 is 17.4 Å². The topological polar surface area (TPSA) is 73.1 Å². The first-order valence-electron chi connectivity index (χ1n) is 5.20. The lowest BCUT2D eigenvalue weighted by atomic mass is 10.1. The molecule has 0 spiro atoms. The highest BCUT2D eigenvalue weighted by Gasteiger charge is 2.41. The van der Waals surface area contributed by atoms with E-state index in [9.17, 15) is 0 Å². The highest BCUT2D eigenvalue weighted by molar-refractivity contribution is 6.32. The molecule has 0 bridgehead atoms. The van der Waals surface area contributed by atoms with Gasteiger partial charge in [0.25, 0.3) is 0 Å². The van der Waals surface area contributed by atoms with E-state index in [1.165, 1.54) is 13.3 Å². The molecule has 1 fully saturated rings. The Labute approximate surface area is 99.4 Å². The second-order valence-electron chi connectivity index (χ2n) is 4.11. The first-order valence-corrected chi connectivity index (χ1v) is 5.57. The van der Waals surface area contributed by atoms with Gasteiger partial charge in [-0.3, -0.25) is 0 Å². The molecule has 0 aliphatic heterocycles. The zero-order valence-corrected chi connectivity index (χ0v) is 9.92. The van der Waals surface area contributed by atoms with Crippen LogP contribution in [0.25, 0.3) is 0 Å². The number of rotatable bonds is 5. The van der Waals surface area contributed by atoms with E-state index in [1.807, 2.05) is 0 Å². The summed E-state index contributed by atoms with van der Waals surface area (Å²) in [4.78, 5) is 8.05. The molecular formula is C10H15ClN4O. The van der Waals surface area contributed by atoms with Crippen molar-refractivity contribution in [2.24, 2.45) is 11.1 Å². The zero-order chi connectivity index (χ0) is 11.6. The molecule has 6 heteroatoms. The van der Waals surface area contributed by atoms with Crippen molar-refractivity contribution in [1.82, 2.24) is 9.97 Å². The van der Waals surface area contributed by atoms with Crippen LogP contribution in [0.4, 0.5) is 5.82 Å². The second-order valence-corrected chi connectivity index (χ2v) is 4.52. The van der Waals surface area contributed by atoms with Crippen LogP contribution in [0.2, 0.25) is 5.02 Å². The summed E-state index contributed by atoms with van der Waals surface area (Å²) >= 11 is 5.97. The maximum absolute atomic E-state index is 5.97. The maximum Gasteiger partial charge on any atom is 0.318 e. The van der Waals surface area contributed by atoms with Gasteiger partial charge in [-0.2, -0.15) is 4.98 Å². The molecule has 0 aromatic carbocycles. The Morgan fingerprint density at radius 3 is 2.94 bits per heavy atom. The number of nitrogens with zero attached hydrogens (tertiary/aromatic N) is 2. The van der Waals surface area contributed by atoms with Crippen LogP contribution in [-0.2, 0) is 0 Å². The minimum atomic E-state index is 0.238. The van der Waals surface area contributed by atoms with Crippen molar-refractivity contribution in [2.45, 2.75) is 12.8 Å². The van der Waals surface area contributed by atoms with Gasteiger partial charge in [0.15, 0.2) is 5.82 Å². The van der Waals surface area contributed by atoms with Gasteiger partial charge >= 0.3 is 6.01 Å². The first-order chi connectivity index (χ1) is 7.69. The Morgan fingerprint density at radius 2 is 2.38 bits per heavy atom. The SMILES string of the molecule is COc1ncc(Cl)c(NCC2(CN)CC2)n1. The average Bonchev–Trinajstić information content (AvgIpc) is 3.09. The zero-order valence-electron chi connectivity index (χ0n) is 9.16. The van der Waals surface area contributed by atoms with Crippen LogP contribution in [-0.4, -0.2) is 30.2 Å². The van der Waals surface area contributed by atoms with Crippen LogP contribution >= 0.6 is 11.6 Å². The molecule has 0 atom stereocenters. The summed E-state index contributed by atoms with van der Waals surface area (Å²) < 4.78 is 4.94. The largest absolute Gasteiger partial charge is 0.467 e. The lowest BCUT2D eigenvalue weighted by Crippen LogP contribution is -2.24. The van der Waals surface area contributed by atoms with Gasteiger partial charge in [-0.1, -0.05) is 11.6 Å². The van der Waals surface area contributed by atoms with Gasteiger partial charge in [-0.25, -0.2) is 4.98 Å². The van der Waals surface area contributed by atoms with E-state index in [2.05, 4.69) is 15.3 Å². The maximum atomic E-state index is 5.97. The number of anilines is 1. The fourth-order valence-electron chi connectivity index (χ4n) is 1.47. The van der Waals surface area contributed by atoms with Crippen molar-refractivity contribution in [2.75, 3.05) is 25.5 Å². The predicted octanol–water partition coefficient (Wildman–Crippen LogP) is 1.29. The minimum Gasteiger partial charge on any atom is -0.467 e. The standard InChI is InChI=1S/C10H15ClN4O/c1-16-9-13-4-7(11)8(15-9)14-6-10(5-12)2-3-10/h4H,2-3,5-6,12H2,1H3,(H,13,14,15). The molecule has 0 saturated heterocycles. The Morgan fingerprint density at radius 1 is 1.62 bits per heavy atom. The number of ether oxygens (including phenoxy) is 1. The van der Waals surface area contributed by atoms with E-state index < -0.39 is 0 Å². The molecule has 0 radical (unpaired) electrons. The van der Waals surface area contributed by atoms with Crippen molar-refractivity contribution in [1.29, 1.82) is 0 Å². The molecule has 16 heavy (non-hydrogen) atoms. The van der Waals surface area contributed by atoms with Crippen LogP contribution < -0.4 is 15.8 Å². The summed E-state index contributed by atoms with van der Waals surface area (Å²) in [7, 11) is 1.52. The van der Waals surface area contributed by atoms with Crippen molar-refractivity contribution in [3.05, 3.63) is 11.2 Å². The van der Waals surface area contributed by atoms with Crippen LogP contribution in [0.5, 0.6) is 6.01 Å². The number of hydrogen-bond donors (Lipinski definition) is 2. The smallest absolute Gasteiger partial charge is 0.318 e. The van der Waals surface area contributed by atoms with Crippen LogP contribution in [0.15, 0.2) is 6.20 Å². The number of aromatic nitrogens is 2. The number of hydrogen-bond acceptors (Lipinski definition) is 5. The average molecular weight is 243 g/mol. The highest BCUT2D eigenvalue weighted by Crippen LogP contribution is 2.44. The van der Waals surface area contributed by atoms with E-state index in [4.69, 9.17) is 22.1 Å². The summed E-state index contributed by atoms with van der Waals surface area (Å²) in [6.07, 6.45) is 3.85. The molecule has 0 amide bonds. The van der Waals surface area contributed by atoms with Gasteiger partial charge in [-0.15, -0.1) is 0 Å². The lowest BCUT2D eigenvalue weighted by Gasteiger charge is -2.14. The number of nitrogens with two attached hydrogens (primary N) is 1. The molecule has 88 valence electrons. The van der Waals surface area contributed by atoms with Gasteiger partial charge < -0.3 is 15.8 Å². The lowest BCUT2D eigenvalue weighted by molar-refractivity contribution is 0.380. The van der Waals surface area contributed by atoms with Gasteiger partial charge in [0.05, 0.1) is 13.3 Å². The fraction of sp³-hybridized carbons (Fsp3) is 0.600. The van der Waals surface area contributed by atoms with E-state index in [-0.39, 0.29) is 5.41 Å². The summed E-state index contributed by atoms with van der Waals surface area (Å²) in [5.74, 6) is 0.605. The van der Waals surface area contributed by atoms with Gasteiger partial charge in [0, 0.05) is 6.54 Å².